The summed E-state index contributed by atoms with van der Waals surface area (Å²) in [7, 11) is -1.08. The Kier molecular flexibility index (Phi) is 5.39. The van der Waals surface area contributed by atoms with Gasteiger partial charge in [0.1, 0.15) is 5.78 Å². The Morgan fingerprint density at radius 2 is 1.64 bits per heavy atom. The maximum atomic E-state index is 12.5. The van der Waals surface area contributed by atoms with E-state index < -0.39 is 16.7 Å². The largest absolute Gasteiger partial charge is 0.299 e. The third-order valence-corrected chi connectivity index (χ3v) is 4.28. The van der Waals surface area contributed by atoms with Gasteiger partial charge in [-0.15, -0.1) is 0 Å². The first-order chi connectivity index (χ1) is 10.5. The van der Waals surface area contributed by atoms with Gasteiger partial charge < -0.3 is 0 Å². The number of hydrogen-bond acceptors (Lipinski definition) is 3. The predicted octanol–water partition coefficient (Wildman–Crippen LogP) is 2.97. The maximum Gasteiger partial charge on any atom is 0.193 e. The monoisotopic (exact) mass is 314 g/mol. The van der Waals surface area contributed by atoms with Crippen LogP contribution >= 0.6 is 0 Å². The van der Waals surface area contributed by atoms with E-state index in [1.807, 2.05) is 18.2 Å². The van der Waals surface area contributed by atoms with Crippen LogP contribution in [0.5, 0.6) is 0 Å². The van der Waals surface area contributed by atoms with Crippen molar-refractivity contribution >= 4 is 22.4 Å². The van der Waals surface area contributed by atoms with E-state index in [0.29, 0.717) is 11.1 Å². The van der Waals surface area contributed by atoms with E-state index in [4.69, 9.17) is 0 Å². The zero-order valence-electron chi connectivity index (χ0n) is 12.6. The van der Waals surface area contributed by atoms with Gasteiger partial charge in [-0.2, -0.15) is 0 Å². The lowest BCUT2D eigenvalue weighted by molar-refractivity contribution is -0.117. The van der Waals surface area contributed by atoms with Crippen molar-refractivity contribution in [2.24, 2.45) is 0 Å². The molecule has 22 heavy (non-hydrogen) atoms. The molecule has 2 unspecified atom stereocenters. The second-order valence-corrected chi connectivity index (χ2v) is 6.70. The topological polar surface area (TPSA) is 51.2 Å². The Labute approximate surface area is 132 Å². The number of ketones is 2. The molecule has 0 aliphatic heterocycles. The summed E-state index contributed by atoms with van der Waals surface area (Å²) in [6.07, 6.45) is 1.58. The smallest absolute Gasteiger partial charge is 0.193 e. The van der Waals surface area contributed by atoms with Gasteiger partial charge in [0.2, 0.25) is 0 Å². The van der Waals surface area contributed by atoms with Crippen LogP contribution in [-0.2, 0) is 15.6 Å². The molecule has 0 aliphatic carbocycles. The normalized spacial score (nSPS) is 13.4. The lowest BCUT2D eigenvalue weighted by Crippen LogP contribution is -2.17. The average Bonchev–Trinajstić information content (AvgIpc) is 2.52. The van der Waals surface area contributed by atoms with Crippen LogP contribution in [0.2, 0.25) is 0 Å². The van der Waals surface area contributed by atoms with Crippen LogP contribution in [0.1, 0.15) is 34.3 Å². The Morgan fingerprint density at radius 3 is 2.23 bits per heavy atom. The van der Waals surface area contributed by atoms with Crippen LogP contribution in [0.15, 0.2) is 54.6 Å². The molecule has 0 spiro atoms. The summed E-state index contributed by atoms with van der Waals surface area (Å²) in [4.78, 5) is 24.3. The molecule has 3 nitrogen and oxygen atoms in total. The second-order valence-electron chi connectivity index (χ2n) is 5.22. The highest BCUT2D eigenvalue weighted by Crippen LogP contribution is 2.21. The van der Waals surface area contributed by atoms with Gasteiger partial charge in [-0.05, 0) is 18.6 Å². The average molecular weight is 314 g/mol. The third-order valence-electron chi connectivity index (χ3n) is 3.48. The molecule has 4 heteroatoms. The predicted molar refractivity (Wildman–Crippen MR) is 88.7 cm³/mol. The van der Waals surface area contributed by atoms with Crippen molar-refractivity contribution in [3.63, 3.8) is 0 Å². The van der Waals surface area contributed by atoms with Crippen molar-refractivity contribution in [3.05, 3.63) is 71.3 Å². The molecule has 0 bridgehead atoms. The van der Waals surface area contributed by atoms with Crippen molar-refractivity contribution < 1.29 is 13.8 Å². The highest BCUT2D eigenvalue weighted by atomic mass is 32.2. The molecular formula is C18H18O3S. The van der Waals surface area contributed by atoms with Crippen molar-refractivity contribution in [2.45, 2.75) is 12.8 Å². The van der Waals surface area contributed by atoms with Gasteiger partial charge in [-0.25, -0.2) is 0 Å². The standard InChI is InChI=1S/C18H18O3S/c1-13(19)17(12-22(2)21)15-9-6-10-16(11-15)18(20)14-7-4-3-5-8-14/h3-11,17H,12H2,1-2H3. The van der Waals surface area contributed by atoms with Crippen molar-refractivity contribution in [3.8, 4) is 0 Å². The number of carbonyl (C=O) groups is 2. The fourth-order valence-corrected chi connectivity index (χ4v) is 3.23. The number of hydrogen-bond donors (Lipinski definition) is 0. The molecule has 0 aliphatic rings. The van der Waals surface area contributed by atoms with Gasteiger partial charge in [-0.1, -0.05) is 48.5 Å². The highest BCUT2D eigenvalue weighted by Gasteiger charge is 2.20. The molecule has 0 fully saturated rings. The number of Topliss-reactive ketones (excluding diaryl/α,β-unsaturated/α-hetero) is 1. The SMILES string of the molecule is CC(=O)C(CS(C)=O)c1cccc(C(=O)c2ccccc2)c1. The van der Waals surface area contributed by atoms with Crippen molar-refractivity contribution in [2.75, 3.05) is 12.0 Å². The number of benzene rings is 2. The molecular weight excluding hydrogens is 296 g/mol. The Hall–Kier alpha value is -2.07. The summed E-state index contributed by atoms with van der Waals surface area (Å²) in [5.74, 6) is -0.283. The first kappa shape index (κ1) is 16.3. The summed E-state index contributed by atoms with van der Waals surface area (Å²) >= 11 is 0. The molecule has 2 aromatic rings. The first-order valence-electron chi connectivity index (χ1n) is 6.99. The quantitative estimate of drug-likeness (QED) is 0.770. The molecule has 0 heterocycles. The molecule has 114 valence electrons. The molecule has 2 atom stereocenters. The van der Waals surface area contributed by atoms with Gasteiger partial charge >= 0.3 is 0 Å². The fraction of sp³-hybridized carbons (Fsp3) is 0.222. The maximum absolute atomic E-state index is 12.5. The number of carbonyl (C=O) groups excluding carboxylic acids is 2. The van der Waals surface area contributed by atoms with E-state index in [0.717, 1.165) is 5.56 Å². The van der Waals surface area contributed by atoms with Gasteiger partial charge in [0, 0.05) is 33.9 Å². The van der Waals surface area contributed by atoms with E-state index in [1.165, 1.54) is 6.92 Å². The van der Waals surface area contributed by atoms with Gasteiger partial charge in [0.15, 0.2) is 5.78 Å². The van der Waals surface area contributed by atoms with Crippen LogP contribution in [0.4, 0.5) is 0 Å². The molecule has 0 radical (unpaired) electrons. The highest BCUT2D eigenvalue weighted by molar-refractivity contribution is 7.84. The van der Waals surface area contributed by atoms with E-state index >= 15 is 0 Å². The summed E-state index contributed by atoms with van der Waals surface area (Å²) in [6, 6.07) is 16.0. The van der Waals surface area contributed by atoms with E-state index in [9.17, 15) is 13.8 Å². The Morgan fingerprint density at radius 1 is 1.00 bits per heavy atom. The fourth-order valence-electron chi connectivity index (χ4n) is 2.34. The first-order valence-corrected chi connectivity index (χ1v) is 8.72. The Balaban J connectivity index is 2.35. The van der Waals surface area contributed by atoms with E-state index in [-0.39, 0.29) is 17.3 Å². The van der Waals surface area contributed by atoms with Crippen molar-refractivity contribution in [1.29, 1.82) is 0 Å². The van der Waals surface area contributed by atoms with E-state index in [1.54, 1.807) is 42.7 Å². The summed E-state index contributed by atoms with van der Waals surface area (Å²) in [6.45, 7) is 1.49. The minimum Gasteiger partial charge on any atom is -0.299 e. The molecule has 0 saturated carbocycles. The van der Waals surface area contributed by atoms with Crippen LogP contribution in [0.3, 0.4) is 0 Å². The zero-order valence-corrected chi connectivity index (χ0v) is 13.4. The van der Waals surface area contributed by atoms with Crippen molar-refractivity contribution in [1.82, 2.24) is 0 Å². The zero-order chi connectivity index (χ0) is 16.1. The molecule has 0 saturated heterocycles. The lowest BCUT2D eigenvalue weighted by atomic mass is 9.93. The Bertz CT molecular complexity index is 707. The van der Waals surface area contributed by atoms with E-state index in [2.05, 4.69) is 0 Å². The minimum absolute atomic E-state index is 0.0421. The number of rotatable bonds is 6. The van der Waals surface area contributed by atoms with Crippen LogP contribution in [0, 0.1) is 0 Å². The lowest BCUT2D eigenvalue weighted by Gasteiger charge is -2.13. The van der Waals surface area contributed by atoms with Gasteiger partial charge in [-0.3, -0.25) is 13.8 Å². The van der Waals surface area contributed by atoms with Crippen LogP contribution in [0.25, 0.3) is 0 Å². The summed E-state index contributed by atoms with van der Waals surface area (Å²) in [5.41, 5.74) is 1.89. The second kappa shape index (κ2) is 7.27. The molecule has 2 rings (SSSR count). The molecule has 0 aromatic heterocycles. The molecule has 0 amide bonds. The molecule has 0 N–H and O–H groups in total. The summed E-state index contributed by atoms with van der Waals surface area (Å²) in [5, 5.41) is 0. The van der Waals surface area contributed by atoms with Gasteiger partial charge in [0.05, 0.1) is 5.92 Å². The van der Waals surface area contributed by atoms with Crippen LogP contribution < -0.4 is 0 Å². The minimum atomic E-state index is -1.08. The van der Waals surface area contributed by atoms with Crippen LogP contribution in [-0.4, -0.2) is 27.8 Å². The molecule has 2 aromatic carbocycles. The third kappa shape index (κ3) is 3.98. The summed E-state index contributed by atoms with van der Waals surface area (Å²) < 4.78 is 11.5. The van der Waals surface area contributed by atoms with Gasteiger partial charge in [0.25, 0.3) is 0 Å².